The number of nitrogens with zero attached hydrogens (tertiary/aromatic N) is 2. The summed E-state index contributed by atoms with van der Waals surface area (Å²) >= 11 is 0. The molecule has 28 heavy (non-hydrogen) atoms. The third kappa shape index (κ3) is 4.95. The standard InChI is InChI=1S/C22H26FN3O2/c1-25(14-21(27)24-18-12-10-17(23)11-13-18)15-22(28)26(2)20-9-5-7-16-6-3-4-8-19(16)20/h3-4,6,8,10-13,20H,5,7,9,14-15H2,1-2H3,(H,24,27)/t20-/m1/s1. The van der Waals surface area contributed by atoms with Crippen molar-refractivity contribution in [3.05, 3.63) is 65.5 Å². The summed E-state index contributed by atoms with van der Waals surface area (Å²) in [5.74, 6) is -0.612. The van der Waals surface area contributed by atoms with Crippen LogP contribution in [-0.2, 0) is 16.0 Å². The second kappa shape index (κ2) is 8.97. The van der Waals surface area contributed by atoms with Gasteiger partial charge in [-0.15, -0.1) is 0 Å². The maximum absolute atomic E-state index is 12.9. The van der Waals surface area contributed by atoms with E-state index in [-0.39, 0.29) is 36.8 Å². The number of benzene rings is 2. The number of fused-ring (bicyclic) bond motifs is 1. The number of hydrogen-bond acceptors (Lipinski definition) is 3. The van der Waals surface area contributed by atoms with Gasteiger partial charge in [-0.1, -0.05) is 24.3 Å². The molecule has 1 N–H and O–H groups in total. The van der Waals surface area contributed by atoms with Crippen molar-refractivity contribution in [2.24, 2.45) is 0 Å². The lowest BCUT2D eigenvalue weighted by Gasteiger charge is -2.34. The van der Waals surface area contributed by atoms with Crippen LogP contribution < -0.4 is 5.32 Å². The van der Waals surface area contributed by atoms with Crippen LogP contribution in [0.1, 0.15) is 30.0 Å². The molecule has 0 radical (unpaired) electrons. The van der Waals surface area contributed by atoms with Crippen molar-refractivity contribution in [3.63, 3.8) is 0 Å². The number of nitrogens with one attached hydrogen (secondary N) is 1. The Morgan fingerprint density at radius 2 is 1.79 bits per heavy atom. The topological polar surface area (TPSA) is 52.7 Å². The van der Waals surface area contributed by atoms with Gasteiger partial charge in [0.15, 0.2) is 0 Å². The second-order valence-corrected chi connectivity index (χ2v) is 7.34. The predicted molar refractivity (Wildman–Crippen MR) is 107 cm³/mol. The number of likely N-dealkylation sites (N-methyl/N-ethyl adjacent to an activating group) is 2. The number of aryl methyl sites for hydroxylation is 1. The van der Waals surface area contributed by atoms with E-state index in [9.17, 15) is 14.0 Å². The average molecular weight is 383 g/mol. The molecular formula is C22H26FN3O2. The Balaban J connectivity index is 1.54. The van der Waals surface area contributed by atoms with E-state index in [4.69, 9.17) is 0 Å². The smallest absolute Gasteiger partial charge is 0.238 e. The minimum atomic E-state index is -0.354. The summed E-state index contributed by atoms with van der Waals surface area (Å²) < 4.78 is 12.9. The van der Waals surface area contributed by atoms with Crippen molar-refractivity contribution in [2.75, 3.05) is 32.5 Å². The lowest BCUT2D eigenvalue weighted by atomic mass is 9.87. The zero-order chi connectivity index (χ0) is 20.1. The first-order chi connectivity index (χ1) is 13.4. The maximum Gasteiger partial charge on any atom is 0.238 e. The fraction of sp³-hybridized carbons (Fsp3) is 0.364. The van der Waals surface area contributed by atoms with Crippen molar-refractivity contribution < 1.29 is 14.0 Å². The quantitative estimate of drug-likeness (QED) is 0.833. The molecule has 0 fully saturated rings. The fourth-order valence-corrected chi connectivity index (χ4v) is 3.68. The molecule has 0 aliphatic heterocycles. The number of carbonyl (C=O) groups excluding carboxylic acids is 2. The van der Waals surface area contributed by atoms with Crippen LogP contribution in [0.25, 0.3) is 0 Å². The lowest BCUT2D eigenvalue weighted by molar-refractivity contribution is -0.133. The van der Waals surface area contributed by atoms with E-state index in [1.807, 2.05) is 19.2 Å². The predicted octanol–water partition coefficient (Wildman–Crippen LogP) is 3.23. The van der Waals surface area contributed by atoms with Gasteiger partial charge >= 0.3 is 0 Å². The van der Waals surface area contributed by atoms with E-state index in [0.29, 0.717) is 5.69 Å². The van der Waals surface area contributed by atoms with Crippen LogP contribution in [0, 0.1) is 5.82 Å². The number of amides is 2. The lowest BCUT2D eigenvalue weighted by Crippen LogP contribution is -2.41. The molecule has 1 aliphatic carbocycles. The van der Waals surface area contributed by atoms with Crippen molar-refractivity contribution >= 4 is 17.5 Å². The molecule has 6 heteroatoms. The first-order valence-corrected chi connectivity index (χ1v) is 9.51. The third-order valence-electron chi connectivity index (χ3n) is 5.15. The molecule has 3 rings (SSSR count). The van der Waals surface area contributed by atoms with Gasteiger partial charge in [-0.3, -0.25) is 14.5 Å². The summed E-state index contributed by atoms with van der Waals surface area (Å²) in [6.45, 7) is 0.240. The van der Waals surface area contributed by atoms with Crippen LogP contribution in [0.4, 0.5) is 10.1 Å². The zero-order valence-electron chi connectivity index (χ0n) is 16.3. The Labute approximate surface area is 165 Å². The molecule has 0 saturated carbocycles. The summed E-state index contributed by atoms with van der Waals surface area (Å²) in [5.41, 5.74) is 3.06. The highest BCUT2D eigenvalue weighted by Gasteiger charge is 2.27. The molecule has 148 valence electrons. The normalized spacial score (nSPS) is 15.8. The molecule has 0 aromatic heterocycles. The minimum Gasteiger partial charge on any atom is -0.338 e. The number of rotatable bonds is 6. The minimum absolute atomic E-state index is 0.0150. The van der Waals surface area contributed by atoms with Gasteiger partial charge < -0.3 is 10.2 Å². The van der Waals surface area contributed by atoms with Gasteiger partial charge in [0.05, 0.1) is 19.1 Å². The van der Waals surface area contributed by atoms with E-state index in [1.54, 1.807) is 16.8 Å². The number of carbonyl (C=O) groups is 2. The van der Waals surface area contributed by atoms with Crippen LogP contribution in [0.2, 0.25) is 0 Å². The van der Waals surface area contributed by atoms with Crippen LogP contribution in [0.5, 0.6) is 0 Å². The molecule has 5 nitrogen and oxygen atoms in total. The summed E-state index contributed by atoms with van der Waals surface area (Å²) in [6.07, 6.45) is 3.07. The van der Waals surface area contributed by atoms with Crippen molar-refractivity contribution in [3.8, 4) is 0 Å². The Hall–Kier alpha value is -2.73. The highest BCUT2D eigenvalue weighted by Crippen LogP contribution is 2.33. The summed E-state index contributed by atoms with van der Waals surface area (Å²) in [6, 6.07) is 14.0. The molecule has 1 aliphatic rings. The Morgan fingerprint density at radius 3 is 2.54 bits per heavy atom. The first-order valence-electron chi connectivity index (χ1n) is 9.51. The van der Waals surface area contributed by atoms with E-state index < -0.39 is 0 Å². The molecular weight excluding hydrogens is 357 g/mol. The third-order valence-corrected chi connectivity index (χ3v) is 5.15. The molecule has 0 spiro atoms. The summed E-state index contributed by atoms with van der Waals surface area (Å²) in [5, 5.41) is 2.71. The van der Waals surface area contributed by atoms with Gasteiger partial charge in [-0.05, 0) is 61.7 Å². The van der Waals surface area contributed by atoms with Gasteiger partial charge in [-0.25, -0.2) is 4.39 Å². The number of halogens is 1. The van der Waals surface area contributed by atoms with E-state index >= 15 is 0 Å². The Kier molecular flexibility index (Phi) is 6.41. The number of hydrogen-bond donors (Lipinski definition) is 1. The first kappa shape index (κ1) is 20.0. The SMILES string of the molecule is CN(CC(=O)Nc1ccc(F)cc1)CC(=O)N(C)[C@@H]1CCCc2ccccc21. The van der Waals surface area contributed by atoms with Gasteiger partial charge in [0.1, 0.15) is 5.82 Å². The highest BCUT2D eigenvalue weighted by atomic mass is 19.1. The average Bonchev–Trinajstić information content (AvgIpc) is 2.68. The monoisotopic (exact) mass is 383 g/mol. The molecule has 0 unspecified atom stereocenters. The van der Waals surface area contributed by atoms with Gasteiger partial charge in [0.25, 0.3) is 0 Å². The van der Waals surface area contributed by atoms with Crippen LogP contribution in [-0.4, -0.2) is 48.8 Å². The fourth-order valence-electron chi connectivity index (χ4n) is 3.68. The Morgan fingerprint density at radius 1 is 1.07 bits per heavy atom. The summed E-state index contributed by atoms with van der Waals surface area (Å²) in [4.78, 5) is 28.4. The molecule has 2 amide bonds. The van der Waals surface area contributed by atoms with Gasteiger partial charge in [0, 0.05) is 12.7 Å². The second-order valence-electron chi connectivity index (χ2n) is 7.34. The molecule has 0 heterocycles. The molecule has 2 aromatic carbocycles. The van der Waals surface area contributed by atoms with Crippen molar-refractivity contribution in [1.29, 1.82) is 0 Å². The van der Waals surface area contributed by atoms with Crippen LogP contribution in [0.15, 0.2) is 48.5 Å². The summed E-state index contributed by atoms with van der Waals surface area (Å²) in [7, 11) is 3.58. The van der Waals surface area contributed by atoms with Crippen LogP contribution in [0.3, 0.4) is 0 Å². The van der Waals surface area contributed by atoms with Crippen molar-refractivity contribution in [2.45, 2.75) is 25.3 Å². The molecule has 2 aromatic rings. The van der Waals surface area contributed by atoms with E-state index in [1.165, 1.54) is 35.4 Å². The number of anilines is 1. The van der Waals surface area contributed by atoms with E-state index in [2.05, 4.69) is 17.4 Å². The van der Waals surface area contributed by atoms with E-state index in [0.717, 1.165) is 19.3 Å². The van der Waals surface area contributed by atoms with Gasteiger partial charge in [0.2, 0.25) is 11.8 Å². The highest BCUT2D eigenvalue weighted by molar-refractivity contribution is 5.92. The van der Waals surface area contributed by atoms with Crippen LogP contribution >= 0.6 is 0 Å². The molecule has 0 saturated heterocycles. The largest absolute Gasteiger partial charge is 0.338 e. The molecule has 1 atom stereocenters. The Bertz CT molecular complexity index is 838. The molecule has 0 bridgehead atoms. The zero-order valence-corrected chi connectivity index (χ0v) is 16.3. The van der Waals surface area contributed by atoms with Gasteiger partial charge in [-0.2, -0.15) is 0 Å². The van der Waals surface area contributed by atoms with Crippen molar-refractivity contribution in [1.82, 2.24) is 9.80 Å². The maximum atomic E-state index is 12.9.